The lowest BCUT2D eigenvalue weighted by molar-refractivity contribution is 0.148. The minimum Gasteiger partial charge on any atom is -0.309 e. The van der Waals surface area contributed by atoms with Crippen molar-refractivity contribution in [3.8, 4) is 0 Å². The van der Waals surface area contributed by atoms with E-state index in [0.29, 0.717) is 0 Å². The van der Waals surface area contributed by atoms with Crippen LogP contribution in [0.2, 0.25) is 0 Å². The molecule has 0 radical (unpaired) electrons. The van der Waals surface area contributed by atoms with Crippen LogP contribution in [-0.2, 0) is 6.54 Å². The first-order valence-corrected chi connectivity index (χ1v) is 6.19. The summed E-state index contributed by atoms with van der Waals surface area (Å²) in [5, 5.41) is 3.48. The maximum absolute atomic E-state index is 13.2. The molecule has 1 fully saturated rings. The van der Waals surface area contributed by atoms with Crippen LogP contribution in [0.4, 0.5) is 4.39 Å². The Hall–Kier alpha value is -0.930. The SMILES string of the molecule is Cc1ccc(F)cc1CN1CCNC(C)(C)C1. The molecule has 1 aromatic rings. The molecule has 94 valence electrons. The zero-order valence-electron chi connectivity index (χ0n) is 10.9. The second kappa shape index (κ2) is 4.75. The fourth-order valence-electron chi connectivity index (χ4n) is 2.43. The molecule has 1 N–H and O–H groups in total. The smallest absolute Gasteiger partial charge is 0.123 e. The lowest BCUT2D eigenvalue weighted by atomic mass is 10.0. The summed E-state index contributed by atoms with van der Waals surface area (Å²) in [4.78, 5) is 2.39. The molecule has 2 nitrogen and oxygen atoms in total. The molecular formula is C14H21FN2. The average molecular weight is 236 g/mol. The van der Waals surface area contributed by atoms with Crippen molar-refractivity contribution in [2.24, 2.45) is 0 Å². The van der Waals surface area contributed by atoms with E-state index in [1.54, 1.807) is 6.07 Å². The first kappa shape index (κ1) is 12.5. The van der Waals surface area contributed by atoms with Crippen molar-refractivity contribution in [1.82, 2.24) is 10.2 Å². The summed E-state index contributed by atoms with van der Waals surface area (Å²) < 4.78 is 13.2. The normalized spacial score (nSPS) is 20.5. The quantitative estimate of drug-likeness (QED) is 0.847. The molecule has 0 spiro atoms. The Morgan fingerprint density at radius 1 is 1.41 bits per heavy atom. The van der Waals surface area contributed by atoms with Crippen LogP contribution in [0.1, 0.15) is 25.0 Å². The van der Waals surface area contributed by atoms with Crippen molar-refractivity contribution in [3.05, 3.63) is 35.1 Å². The number of halogens is 1. The van der Waals surface area contributed by atoms with Crippen LogP contribution >= 0.6 is 0 Å². The van der Waals surface area contributed by atoms with Crippen LogP contribution in [0.25, 0.3) is 0 Å². The van der Waals surface area contributed by atoms with E-state index in [2.05, 4.69) is 24.1 Å². The molecule has 2 rings (SSSR count). The number of benzene rings is 1. The van der Waals surface area contributed by atoms with Gasteiger partial charge in [-0.25, -0.2) is 4.39 Å². The van der Waals surface area contributed by atoms with E-state index < -0.39 is 0 Å². The van der Waals surface area contributed by atoms with Crippen molar-refractivity contribution in [2.75, 3.05) is 19.6 Å². The minimum absolute atomic E-state index is 0.139. The van der Waals surface area contributed by atoms with Gasteiger partial charge in [0.25, 0.3) is 0 Å². The van der Waals surface area contributed by atoms with E-state index in [0.717, 1.165) is 31.7 Å². The predicted molar refractivity (Wildman–Crippen MR) is 68.5 cm³/mol. The summed E-state index contributed by atoms with van der Waals surface area (Å²) in [6, 6.07) is 5.04. The third-order valence-electron chi connectivity index (χ3n) is 3.36. The number of rotatable bonds is 2. The number of hydrogen-bond acceptors (Lipinski definition) is 2. The molecule has 0 saturated carbocycles. The third kappa shape index (κ3) is 3.27. The van der Waals surface area contributed by atoms with Gasteiger partial charge in [-0.3, -0.25) is 4.90 Å². The molecule has 1 aliphatic rings. The van der Waals surface area contributed by atoms with E-state index in [1.165, 1.54) is 11.6 Å². The largest absolute Gasteiger partial charge is 0.309 e. The maximum Gasteiger partial charge on any atom is 0.123 e. The molecule has 1 aromatic carbocycles. The molecule has 0 bridgehead atoms. The Balaban J connectivity index is 2.07. The van der Waals surface area contributed by atoms with Crippen LogP contribution in [0.15, 0.2) is 18.2 Å². The van der Waals surface area contributed by atoms with Gasteiger partial charge in [0.2, 0.25) is 0 Å². The Labute approximate surface area is 103 Å². The lowest BCUT2D eigenvalue weighted by Crippen LogP contribution is -2.56. The van der Waals surface area contributed by atoms with Crippen LogP contribution in [0.5, 0.6) is 0 Å². The fourth-order valence-corrected chi connectivity index (χ4v) is 2.43. The molecule has 0 aromatic heterocycles. The summed E-state index contributed by atoms with van der Waals surface area (Å²) in [5.74, 6) is -0.139. The van der Waals surface area contributed by atoms with Gasteiger partial charge in [0.1, 0.15) is 5.82 Å². The van der Waals surface area contributed by atoms with Crippen molar-refractivity contribution >= 4 is 0 Å². The van der Waals surface area contributed by atoms with Crippen molar-refractivity contribution < 1.29 is 4.39 Å². The van der Waals surface area contributed by atoms with E-state index in [1.807, 2.05) is 13.0 Å². The number of hydrogen-bond donors (Lipinski definition) is 1. The zero-order chi connectivity index (χ0) is 12.5. The van der Waals surface area contributed by atoms with Gasteiger partial charge < -0.3 is 5.32 Å². The van der Waals surface area contributed by atoms with Gasteiger partial charge in [0, 0.05) is 31.7 Å². The molecular weight excluding hydrogens is 215 g/mol. The lowest BCUT2D eigenvalue weighted by Gasteiger charge is -2.39. The molecule has 3 heteroatoms. The first-order chi connectivity index (χ1) is 7.96. The Morgan fingerprint density at radius 2 is 2.18 bits per heavy atom. The predicted octanol–water partition coefficient (Wildman–Crippen LogP) is 2.32. The highest BCUT2D eigenvalue weighted by atomic mass is 19.1. The monoisotopic (exact) mass is 236 g/mol. The highest BCUT2D eigenvalue weighted by Gasteiger charge is 2.25. The Kier molecular flexibility index (Phi) is 3.50. The van der Waals surface area contributed by atoms with E-state index in [-0.39, 0.29) is 11.4 Å². The van der Waals surface area contributed by atoms with E-state index in [4.69, 9.17) is 0 Å². The van der Waals surface area contributed by atoms with Crippen LogP contribution in [0, 0.1) is 12.7 Å². The number of nitrogens with one attached hydrogen (secondary N) is 1. The summed E-state index contributed by atoms with van der Waals surface area (Å²) in [5.41, 5.74) is 2.42. The van der Waals surface area contributed by atoms with Gasteiger partial charge in [0.15, 0.2) is 0 Å². The molecule has 1 aliphatic heterocycles. The average Bonchev–Trinajstić information content (AvgIpc) is 2.22. The minimum atomic E-state index is -0.139. The molecule has 1 heterocycles. The number of nitrogens with zero attached hydrogens (tertiary/aromatic N) is 1. The van der Waals surface area contributed by atoms with Crippen LogP contribution in [-0.4, -0.2) is 30.1 Å². The number of aryl methyl sites for hydroxylation is 1. The topological polar surface area (TPSA) is 15.3 Å². The molecule has 0 aliphatic carbocycles. The highest BCUT2D eigenvalue weighted by molar-refractivity contribution is 5.26. The Morgan fingerprint density at radius 3 is 2.88 bits per heavy atom. The first-order valence-electron chi connectivity index (χ1n) is 6.19. The fraction of sp³-hybridized carbons (Fsp3) is 0.571. The Bertz CT molecular complexity index is 401. The van der Waals surface area contributed by atoms with Crippen molar-refractivity contribution in [2.45, 2.75) is 32.9 Å². The van der Waals surface area contributed by atoms with Gasteiger partial charge in [-0.2, -0.15) is 0 Å². The van der Waals surface area contributed by atoms with Crippen molar-refractivity contribution in [1.29, 1.82) is 0 Å². The van der Waals surface area contributed by atoms with Crippen molar-refractivity contribution in [3.63, 3.8) is 0 Å². The van der Waals surface area contributed by atoms with E-state index in [9.17, 15) is 4.39 Å². The third-order valence-corrected chi connectivity index (χ3v) is 3.36. The number of piperazine rings is 1. The standard InChI is InChI=1S/C14H21FN2/c1-11-4-5-13(15)8-12(11)9-17-7-6-16-14(2,3)10-17/h4-5,8,16H,6-7,9-10H2,1-3H3. The summed E-state index contributed by atoms with van der Waals surface area (Å²) in [7, 11) is 0. The highest BCUT2D eigenvalue weighted by Crippen LogP contribution is 2.16. The van der Waals surface area contributed by atoms with Crippen LogP contribution < -0.4 is 5.32 Å². The van der Waals surface area contributed by atoms with E-state index >= 15 is 0 Å². The molecule has 0 unspecified atom stereocenters. The van der Waals surface area contributed by atoms with Gasteiger partial charge in [0.05, 0.1) is 0 Å². The molecule has 0 amide bonds. The second-order valence-corrected chi connectivity index (χ2v) is 5.59. The van der Waals surface area contributed by atoms with Gasteiger partial charge in [-0.05, 0) is 44.0 Å². The molecule has 17 heavy (non-hydrogen) atoms. The summed E-state index contributed by atoms with van der Waals surface area (Å²) in [6.45, 7) is 10.3. The van der Waals surface area contributed by atoms with Gasteiger partial charge >= 0.3 is 0 Å². The zero-order valence-corrected chi connectivity index (χ0v) is 10.9. The second-order valence-electron chi connectivity index (χ2n) is 5.59. The van der Waals surface area contributed by atoms with Gasteiger partial charge in [-0.15, -0.1) is 0 Å². The summed E-state index contributed by atoms with van der Waals surface area (Å²) >= 11 is 0. The summed E-state index contributed by atoms with van der Waals surface area (Å²) in [6.07, 6.45) is 0. The maximum atomic E-state index is 13.2. The molecule has 1 saturated heterocycles. The molecule has 0 atom stereocenters. The van der Waals surface area contributed by atoms with Crippen LogP contribution in [0.3, 0.4) is 0 Å². The van der Waals surface area contributed by atoms with Gasteiger partial charge in [-0.1, -0.05) is 6.07 Å².